The van der Waals surface area contributed by atoms with E-state index in [9.17, 15) is 4.79 Å². The number of anilines is 1. The lowest BCUT2D eigenvalue weighted by molar-refractivity contribution is 0.0977. The fourth-order valence-corrected chi connectivity index (χ4v) is 3.05. The van der Waals surface area contributed by atoms with Crippen LogP contribution in [0.4, 0.5) is 5.69 Å². The molecule has 0 radical (unpaired) electrons. The zero-order chi connectivity index (χ0) is 23.5. The Labute approximate surface area is 199 Å². The van der Waals surface area contributed by atoms with Crippen LogP contribution in [0.25, 0.3) is 0 Å². The van der Waals surface area contributed by atoms with Crippen LogP contribution >= 0.6 is 12.2 Å². The standard InChI is InChI=1S/C26H28N2O4S/c1-19(2)18-32-24-14-7-6-13-23(24)27-26(33)28-25(29)20-9-8-12-22(17-20)31-16-15-30-21-10-4-3-5-11-21/h3-14,17,19H,15-16,18H2,1-2H3,(H2,27,28,29,33). The van der Waals surface area contributed by atoms with E-state index in [1.165, 1.54) is 0 Å². The van der Waals surface area contributed by atoms with E-state index in [-0.39, 0.29) is 11.0 Å². The number of hydrogen-bond acceptors (Lipinski definition) is 5. The van der Waals surface area contributed by atoms with Crippen LogP contribution in [0.15, 0.2) is 78.9 Å². The summed E-state index contributed by atoms with van der Waals surface area (Å²) in [6.07, 6.45) is 0. The van der Waals surface area contributed by atoms with Crippen LogP contribution in [0.5, 0.6) is 17.2 Å². The van der Waals surface area contributed by atoms with Crippen LogP contribution in [0, 0.1) is 5.92 Å². The lowest BCUT2D eigenvalue weighted by Gasteiger charge is -2.15. The van der Waals surface area contributed by atoms with E-state index in [2.05, 4.69) is 24.5 Å². The van der Waals surface area contributed by atoms with Crippen molar-refractivity contribution in [2.45, 2.75) is 13.8 Å². The smallest absolute Gasteiger partial charge is 0.257 e. The number of carbonyl (C=O) groups excluding carboxylic acids is 1. The fourth-order valence-electron chi connectivity index (χ4n) is 2.84. The highest BCUT2D eigenvalue weighted by Gasteiger charge is 2.11. The third kappa shape index (κ3) is 8.12. The summed E-state index contributed by atoms with van der Waals surface area (Å²) in [4.78, 5) is 12.7. The van der Waals surface area contributed by atoms with Crippen LogP contribution < -0.4 is 24.8 Å². The molecule has 0 bridgehead atoms. The summed E-state index contributed by atoms with van der Waals surface area (Å²) >= 11 is 5.33. The molecule has 0 saturated heterocycles. The Bertz CT molecular complexity index is 1060. The lowest BCUT2D eigenvalue weighted by Crippen LogP contribution is -2.34. The van der Waals surface area contributed by atoms with Gasteiger partial charge in [-0.3, -0.25) is 10.1 Å². The molecule has 0 unspecified atom stereocenters. The predicted octanol–water partition coefficient (Wildman–Crippen LogP) is 5.31. The van der Waals surface area contributed by atoms with Gasteiger partial charge >= 0.3 is 0 Å². The molecule has 0 spiro atoms. The van der Waals surface area contributed by atoms with Crippen molar-refractivity contribution in [1.29, 1.82) is 0 Å². The first-order chi connectivity index (χ1) is 16.0. The van der Waals surface area contributed by atoms with E-state index in [0.717, 1.165) is 5.75 Å². The molecule has 0 heterocycles. The van der Waals surface area contributed by atoms with Crippen LogP contribution in [0.3, 0.4) is 0 Å². The average Bonchev–Trinajstić information content (AvgIpc) is 2.82. The Balaban J connectivity index is 1.50. The van der Waals surface area contributed by atoms with Gasteiger partial charge in [-0.1, -0.05) is 50.2 Å². The van der Waals surface area contributed by atoms with Gasteiger partial charge in [0, 0.05) is 5.56 Å². The molecule has 33 heavy (non-hydrogen) atoms. The van der Waals surface area contributed by atoms with Gasteiger partial charge in [-0.2, -0.15) is 0 Å². The molecule has 172 valence electrons. The van der Waals surface area contributed by atoms with Crippen molar-refractivity contribution in [3.05, 3.63) is 84.4 Å². The SMILES string of the molecule is CC(C)COc1ccccc1NC(=S)NC(=O)c1cccc(OCCOc2ccccc2)c1. The van der Waals surface area contributed by atoms with Gasteiger partial charge in [-0.15, -0.1) is 0 Å². The minimum absolute atomic E-state index is 0.183. The average molecular weight is 465 g/mol. The van der Waals surface area contributed by atoms with Crippen molar-refractivity contribution < 1.29 is 19.0 Å². The van der Waals surface area contributed by atoms with Crippen LogP contribution in [-0.2, 0) is 0 Å². The maximum absolute atomic E-state index is 12.7. The van der Waals surface area contributed by atoms with Gasteiger partial charge in [0.2, 0.25) is 0 Å². The van der Waals surface area contributed by atoms with Gasteiger partial charge in [-0.25, -0.2) is 0 Å². The molecule has 3 rings (SSSR count). The molecular weight excluding hydrogens is 436 g/mol. The summed E-state index contributed by atoms with van der Waals surface area (Å²) in [5.74, 6) is 2.09. The second-order valence-corrected chi connectivity index (χ2v) is 8.06. The highest BCUT2D eigenvalue weighted by atomic mass is 32.1. The summed E-state index contributed by atoms with van der Waals surface area (Å²) in [6.45, 7) is 5.49. The molecule has 0 aliphatic rings. The number of ether oxygens (including phenoxy) is 3. The Morgan fingerprint density at radius 1 is 0.848 bits per heavy atom. The molecule has 0 saturated carbocycles. The molecule has 0 aliphatic heterocycles. The number of rotatable bonds is 10. The number of carbonyl (C=O) groups is 1. The second-order valence-electron chi connectivity index (χ2n) is 7.65. The molecule has 6 nitrogen and oxygen atoms in total. The Hall–Kier alpha value is -3.58. The molecule has 0 atom stereocenters. The van der Waals surface area contributed by atoms with Gasteiger partial charge < -0.3 is 19.5 Å². The predicted molar refractivity (Wildman–Crippen MR) is 134 cm³/mol. The number of para-hydroxylation sites is 3. The molecule has 2 N–H and O–H groups in total. The minimum atomic E-state index is -0.334. The molecule has 0 fully saturated rings. The zero-order valence-electron chi connectivity index (χ0n) is 18.7. The van der Waals surface area contributed by atoms with E-state index in [1.54, 1.807) is 24.3 Å². The number of amides is 1. The Morgan fingerprint density at radius 2 is 1.52 bits per heavy atom. The van der Waals surface area contributed by atoms with Crippen LogP contribution in [0.2, 0.25) is 0 Å². The Kier molecular flexibility index (Phi) is 9.08. The van der Waals surface area contributed by atoms with Crippen LogP contribution in [0.1, 0.15) is 24.2 Å². The topological polar surface area (TPSA) is 68.8 Å². The van der Waals surface area contributed by atoms with E-state index in [1.807, 2.05) is 54.6 Å². The molecule has 7 heteroatoms. The lowest BCUT2D eigenvalue weighted by atomic mass is 10.2. The summed E-state index contributed by atoms with van der Waals surface area (Å²) in [5.41, 5.74) is 1.13. The monoisotopic (exact) mass is 464 g/mol. The number of thiocarbonyl (C=S) groups is 1. The molecule has 0 aliphatic carbocycles. The van der Waals surface area contributed by atoms with E-state index >= 15 is 0 Å². The molecule has 3 aromatic rings. The van der Waals surface area contributed by atoms with Gasteiger partial charge in [-0.05, 0) is 60.6 Å². The maximum atomic E-state index is 12.7. The van der Waals surface area contributed by atoms with Gasteiger partial charge in [0.1, 0.15) is 30.5 Å². The summed E-state index contributed by atoms with van der Waals surface area (Å²) in [6, 6.07) is 23.9. The summed E-state index contributed by atoms with van der Waals surface area (Å²) < 4.78 is 17.1. The molecular formula is C26H28N2O4S. The third-order valence-corrected chi connectivity index (χ3v) is 4.60. The number of nitrogens with one attached hydrogen (secondary N) is 2. The summed E-state index contributed by atoms with van der Waals surface area (Å²) in [7, 11) is 0. The summed E-state index contributed by atoms with van der Waals surface area (Å²) in [5, 5.41) is 5.92. The van der Waals surface area contributed by atoms with Crippen molar-refractivity contribution in [3.8, 4) is 17.2 Å². The van der Waals surface area contributed by atoms with Gasteiger partial charge in [0.15, 0.2) is 5.11 Å². The van der Waals surface area contributed by atoms with Crippen molar-refractivity contribution in [2.75, 3.05) is 25.1 Å². The highest BCUT2D eigenvalue weighted by molar-refractivity contribution is 7.80. The largest absolute Gasteiger partial charge is 0.491 e. The van der Waals surface area contributed by atoms with E-state index < -0.39 is 0 Å². The number of benzene rings is 3. The maximum Gasteiger partial charge on any atom is 0.257 e. The number of hydrogen-bond donors (Lipinski definition) is 2. The molecule has 3 aromatic carbocycles. The third-order valence-electron chi connectivity index (χ3n) is 4.39. The van der Waals surface area contributed by atoms with Crippen molar-refractivity contribution in [3.63, 3.8) is 0 Å². The quantitative estimate of drug-likeness (QED) is 0.313. The zero-order valence-corrected chi connectivity index (χ0v) is 19.6. The highest BCUT2D eigenvalue weighted by Crippen LogP contribution is 2.24. The van der Waals surface area contributed by atoms with E-state index in [4.69, 9.17) is 26.4 Å². The van der Waals surface area contributed by atoms with Gasteiger partial charge in [0.05, 0.1) is 12.3 Å². The molecule has 1 amide bonds. The fraction of sp³-hybridized carbons (Fsp3) is 0.231. The van der Waals surface area contributed by atoms with Crippen molar-refractivity contribution >= 4 is 28.9 Å². The first-order valence-electron chi connectivity index (χ1n) is 10.8. The Morgan fingerprint density at radius 3 is 2.27 bits per heavy atom. The second kappa shape index (κ2) is 12.5. The first kappa shape index (κ1) is 24.1. The van der Waals surface area contributed by atoms with Crippen LogP contribution in [-0.4, -0.2) is 30.8 Å². The van der Waals surface area contributed by atoms with Crippen molar-refractivity contribution in [1.82, 2.24) is 5.32 Å². The van der Waals surface area contributed by atoms with Gasteiger partial charge in [0.25, 0.3) is 5.91 Å². The van der Waals surface area contributed by atoms with E-state index in [0.29, 0.717) is 48.5 Å². The normalized spacial score (nSPS) is 10.4. The molecule has 0 aromatic heterocycles. The van der Waals surface area contributed by atoms with Crippen molar-refractivity contribution in [2.24, 2.45) is 5.92 Å². The first-order valence-corrected chi connectivity index (χ1v) is 11.2. The minimum Gasteiger partial charge on any atom is -0.491 e.